The molecule has 0 radical (unpaired) electrons. The number of nitrogens with zero attached hydrogens (tertiary/aromatic N) is 1. The molecule has 0 bridgehead atoms. The number of hydrogen-bond donors (Lipinski definition) is 0. The van der Waals surface area contributed by atoms with Crippen LogP contribution in [0.5, 0.6) is 11.5 Å². The number of amides is 2. The Hall–Kier alpha value is -2.19. The first-order chi connectivity index (χ1) is 15.4. The third-order valence-corrected chi connectivity index (χ3v) is 6.19. The van der Waals surface area contributed by atoms with E-state index in [-0.39, 0.29) is 17.8 Å². The normalized spacial score (nSPS) is 15.0. The highest BCUT2D eigenvalue weighted by atomic mass is 35.5. The molecule has 2 amide bonds. The quantitative estimate of drug-likeness (QED) is 0.295. The zero-order valence-electron chi connectivity index (χ0n) is 17.7. The predicted molar refractivity (Wildman–Crippen MR) is 128 cm³/mol. The Morgan fingerprint density at radius 2 is 1.84 bits per heavy atom. The van der Waals surface area contributed by atoms with Crippen molar-refractivity contribution in [2.75, 3.05) is 26.9 Å². The second-order valence-electron chi connectivity index (χ2n) is 6.86. The minimum Gasteiger partial charge on any atom is -0.490 e. The van der Waals surface area contributed by atoms with Crippen LogP contribution < -0.4 is 9.47 Å². The average molecular weight is 496 g/mol. The van der Waals surface area contributed by atoms with Gasteiger partial charge in [-0.2, -0.15) is 0 Å². The molecule has 1 aliphatic rings. The lowest BCUT2D eigenvalue weighted by Crippen LogP contribution is -2.29. The number of ether oxygens (including phenoxy) is 3. The van der Waals surface area contributed by atoms with Crippen molar-refractivity contribution in [2.45, 2.75) is 20.0 Å². The van der Waals surface area contributed by atoms with Crippen LogP contribution in [0.1, 0.15) is 24.5 Å². The maximum absolute atomic E-state index is 12.6. The summed E-state index contributed by atoms with van der Waals surface area (Å²) in [5.41, 5.74) is 1.60. The molecule has 9 heteroatoms. The molecule has 0 aromatic heterocycles. The molecule has 0 saturated carbocycles. The van der Waals surface area contributed by atoms with E-state index < -0.39 is 0 Å². The molecule has 0 spiro atoms. The highest BCUT2D eigenvalue weighted by Crippen LogP contribution is 2.35. The minimum absolute atomic E-state index is 0.274. The van der Waals surface area contributed by atoms with Crippen LogP contribution in [0.2, 0.25) is 10.0 Å². The van der Waals surface area contributed by atoms with Gasteiger partial charge in [-0.1, -0.05) is 35.3 Å². The summed E-state index contributed by atoms with van der Waals surface area (Å²) >= 11 is 13.0. The van der Waals surface area contributed by atoms with Gasteiger partial charge in [0.25, 0.3) is 11.1 Å². The van der Waals surface area contributed by atoms with E-state index in [4.69, 9.17) is 37.4 Å². The largest absolute Gasteiger partial charge is 0.490 e. The van der Waals surface area contributed by atoms with Crippen molar-refractivity contribution in [3.8, 4) is 11.5 Å². The summed E-state index contributed by atoms with van der Waals surface area (Å²) in [4.78, 5) is 26.4. The number of imide groups is 1. The summed E-state index contributed by atoms with van der Waals surface area (Å²) in [5, 5.41) is 0.672. The number of hydrogen-bond acceptors (Lipinski definition) is 6. The van der Waals surface area contributed by atoms with E-state index in [1.807, 2.05) is 19.1 Å². The van der Waals surface area contributed by atoms with Crippen LogP contribution in [-0.4, -0.2) is 42.9 Å². The van der Waals surface area contributed by atoms with Crippen LogP contribution in [0, 0.1) is 0 Å². The zero-order valence-corrected chi connectivity index (χ0v) is 20.1. The Balaban J connectivity index is 1.74. The van der Waals surface area contributed by atoms with Gasteiger partial charge in [0.05, 0.1) is 21.6 Å². The standard InChI is InChI=1S/C23H23Cl2NO5S/c1-3-30-20-12-15(13-21-22(27)26(23(28)32-21)9-4-10-29-2)6-8-19(20)31-14-16-5-7-17(24)18(25)11-16/h5-8,11-13H,3-4,9-10,14H2,1-2H3/b21-13+. The Morgan fingerprint density at radius 3 is 2.56 bits per heavy atom. The highest BCUT2D eigenvalue weighted by Gasteiger charge is 2.34. The molecule has 3 rings (SSSR count). The number of carbonyl (C=O) groups excluding carboxylic acids is 2. The lowest BCUT2D eigenvalue weighted by atomic mass is 10.1. The van der Waals surface area contributed by atoms with Gasteiger partial charge in [0.1, 0.15) is 6.61 Å². The minimum atomic E-state index is -0.297. The number of methoxy groups -OCH3 is 1. The molecule has 0 unspecified atom stereocenters. The first-order valence-corrected chi connectivity index (χ1v) is 11.6. The van der Waals surface area contributed by atoms with Gasteiger partial charge in [0.2, 0.25) is 0 Å². The molecule has 2 aromatic rings. The molecule has 0 N–H and O–H groups in total. The zero-order chi connectivity index (χ0) is 23.1. The highest BCUT2D eigenvalue weighted by molar-refractivity contribution is 8.18. The van der Waals surface area contributed by atoms with Crippen molar-refractivity contribution in [1.82, 2.24) is 4.90 Å². The summed E-state index contributed by atoms with van der Waals surface area (Å²) in [5.74, 6) is 0.803. The van der Waals surface area contributed by atoms with Crippen molar-refractivity contribution in [3.05, 3.63) is 62.5 Å². The molecule has 1 saturated heterocycles. The molecular formula is C23H23Cl2NO5S. The van der Waals surface area contributed by atoms with E-state index in [2.05, 4.69) is 0 Å². The van der Waals surface area contributed by atoms with Gasteiger partial charge in [0, 0.05) is 20.3 Å². The molecule has 0 aliphatic carbocycles. The van der Waals surface area contributed by atoms with Crippen molar-refractivity contribution >= 4 is 52.2 Å². The van der Waals surface area contributed by atoms with Gasteiger partial charge in [0.15, 0.2) is 11.5 Å². The first kappa shape index (κ1) is 24.5. The fourth-order valence-corrected chi connectivity index (χ4v) is 4.19. The van der Waals surface area contributed by atoms with Crippen LogP contribution in [0.25, 0.3) is 6.08 Å². The van der Waals surface area contributed by atoms with Crippen molar-refractivity contribution in [3.63, 3.8) is 0 Å². The molecular weight excluding hydrogens is 473 g/mol. The van der Waals surface area contributed by atoms with Crippen LogP contribution in [-0.2, 0) is 16.1 Å². The van der Waals surface area contributed by atoms with Gasteiger partial charge in [-0.3, -0.25) is 14.5 Å². The lowest BCUT2D eigenvalue weighted by Gasteiger charge is -2.13. The van der Waals surface area contributed by atoms with E-state index in [9.17, 15) is 9.59 Å². The van der Waals surface area contributed by atoms with Crippen molar-refractivity contribution in [2.24, 2.45) is 0 Å². The lowest BCUT2D eigenvalue weighted by molar-refractivity contribution is -0.122. The molecule has 170 valence electrons. The second kappa shape index (κ2) is 11.6. The summed E-state index contributed by atoms with van der Waals surface area (Å²) < 4.78 is 16.6. The van der Waals surface area contributed by atoms with E-state index in [1.54, 1.807) is 37.5 Å². The maximum atomic E-state index is 12.6. The Labute approximate surface area is 201 Å². The molecule has 1 fully saturated rings. The van der Waals surface area contributed by atoms with Gasteiger partial charge in [-0.05, 0) is 66.6 Å². The predicted octanol–water partition coefficient (Wildman–Crippen LogP) is 6.04. The summed E-state index contributed by atoms with van der Waals surface area (Å²) in [6.07, 6.45) is 2.29. The molecule has 0 atom stereocenters. The second-order valence-corrected chi connectivity index (χ2v) is 8.66. The van der Waals surface area contributed by atoms with Crippen molar-refractivity contribution < 1.29 is 23.8 Å². The molecule has 1 heterocycles. The van der Waals surface area contributed by atoms with Crippen LogP contribution in [0.4, 0.5) is 4.79 Å². The number of benzene rings is 2. The van der Waals surface area contributed by atoms with Gasteiger partial charge in [-0.15, -0.1) is 0 Å². The average Bonchev–Trinajstić information content (AvgIpc) is 3.03. The summed E-state index contributed by atoms with van der Waals surface area (Å²) in [6, 6.07) is 10.7. The summed E-state index contributed by atoms with van der Waals surface area (Å²) in [6.45, 7) is 3.43. The molecule has 6 nitrogen and oxygen atoms in total. The Morgan fingerprint density at radius 1 is 1.03 bits per heavy atom. The van der Waals surface area contributed by atoms with Gasteiger partial charge in [-0.25, -0.2) is 0 Å². The number of rotatable bonds is 10. The summed E-state index contributed by atoms with van der Waals surface area (Å²) in [7, 11) is 1.58. The Bertz CT molecular complexity index is 1030. The van der Waals surface area contributed by atoms with Crippen molar-refractivity contribution in [1.29, 1.82) is 0 Å². The van der Waals surface area contributed by atoms with E-state index >= 15 is 0 Å². The molecule has 1 aliphatic heterocycles. The number of carbonyl (C=O) groups is 2. The fourth-order valence-electron chi connectivity index (χ4n) is 3.00. The third kappa shape index (κ3) is 6.19. The molecule has 2 aromatic carbocycles. The fraction of sp³-hybridized carbons (Fsp3) is 0.304. The van der Waals surface area contributed by atoms with Gasteiger partial charge >= 0.3 is 0 Å². The topological polar surface area (TPSA) is 65.1 Å². The molecule has 32 heavy (non-hydrogen) atoms. The van der Waals surface area contributed by atoms with E-state index in [0.717, 1.165) is 22.9 Å². The maximum Gasteiger partial charge on any atom is 0.293 e. The number of thioether (sulfide) groups is 1. The smallest absolute Gasteiger partial charge is 0.293 e. The van der Waals surface area contributed by atoms with E-state index in [1.165, 1.54) is 4.90 Å². The van der Waals surface area contributed by atoms with Crippen LogP contribution in [0.3, 0.4) is 0 Å². The van der Waals surface area contributed by atoms with Gasteiger partial charge < -0.3 is 14.2 Å². The van der Waals surface area contributed by atoms with Crippen LogP contribution >= 0.6 is 35.0 Å². The number of halogens is 2. The van der Waals surface area contributed by atoms with Crippen LogP contribution in [0.15, 0.2) is 41.3 Å². The van der Waals surface area contributed by atoms with E-state index in [0.29, 0.717) is 52.6 Å². The third-order valence-electron chi connectivity index (χ3n) is 4.55. The monoisotopic (exact) mass is 495 g/mol. The SMILES string of the molecule is CCOc1cc(/C=C2/SC(=O)N(CCCOC)C2=O)ccc1OCc1ccc(Cl)c(Cl)c1. The first-order valence-electron chi connectivity index (χ1n) is 10.0. The Kier molecular flexibility index (Phi) is 8.87.